The Morgan fingerprint density at radius 2 is 1.76 bits per heavy atom. The standard InChI is InChI=1S/C16H14Br2O2S/c17-9-14(11-5-7-12(18)8-6-11)15-10-21(19,20)16-4-2-1-3-13(15)16/h1-8,14-15H,9-10H2. The van der Waals surface area contributed by atoms with Crippen molar-refractivity contribution in [2.24, 2.45) is 0 Å². The Bertz CT molecular complexity index is 754. The zero-order chi connectivity index (χ0) is 15.0. The van der Waals surface area contributed by atoms with Crippen LogP contribution in [0.25, 0.3) is 0 Å². The van der Waals surface area contributed by atoms with Crippen LogP contribution in [-0.2, 0) is 9.84 Å². The molecular weight excluding hydrogens is 416 g/mol. The van der Waals surface area contributed by atoms with Crippen LogP contribution in [0.5, 0.6) is 0 Å². The third kappa shape index (κ3) is 2.83. The molecule has 0 spiro atoms. The van der Waals surface area contributed by atoms with Crippen LogP contribution in [0.3, 0.4) is 0 Å². The fraction of sp³-hybridized carbons (Fsp3) is 0.250. The Morgan fingerprint density at radius 3 is 2.43 bits per heavy atom. The predicted molar refractivity (Wildman–Crippen MR) is 91.9 cm³/mol. The Morgan fingerprint density at radius 1 is 1.10 bits per heavy atom. The Labute approximate surface area is 141 Å². The average Bonchev–Trinajstić information content (AvgIpc) is 2.74. The van der Waals surface area contributed by atoms with E-state index in [1.807, 2.05) is 24.3 Å². The van der Waals surface area contributed by atoms with Crippen molar-refractivity contribution in [3.8, 4) is 0 Å². The van der Waals surface area contributed by atoms with E-state index in [2.05, 4.69) is 44.0 Å². The van der Waals surface area contributed by atoms with Crippen LogP contribution in [-0.4, -0.2) is 19.5 Å². The second-order valence-electron chi connectivity index (χ2n) is 5.24. The van der Waals surface area contributed by atoms with E-state index < -0.39 is 9.84 Å². The molecule has 1 aliphatic heterocycles. The minimum Gasteiger partial charge on any atom is -0.224 e. The van der Waals surface area contributed by atoms with Crippen molar-refractivity contribution in [3.05, 3.63) is 64.1 Å². The molecular formula is C16H14Br2O2S. The highest BCUT2D eigenvalue weighted by molar-refractivity contribution is 9.10. The highest BCUT2D eigenvalue weighted by Gasteiger charge is 2.38. The summed E-state index contributed by atoms with van der Waals surface area (Å²) in [7, 11) is -3.16. The lowest BCUT2D eigenvalue weighted by Gasteiger charge is -2.22. The maximum absolute atomic E-state index is 12.3. The fourth-order valence-electron chi connectivity index (χ4n) is 2.96. The topological polar surface area (TPSA) is 34.1 Å². The molecule has 0 aromatic heterocycles. The van der Waals surface area contributed by atoms with Gasteiger partial charge in [-0.25, -0.2) is 8.42 Å². The van der Waals surface area contributed by atoms with Crippen molar-refractivity contribution in [1.82, 2.24) is 0 Å². The first-order valence-corrected chi connectivity index (χ1v) is 10.2. The first kappa shape index (κ1) is 15.3. The summed E-state index contributed by atoms with van der Waals surface area (Å²) in [4.78, 5) is 0.498. The third-order valence-electron chi connectivity index (χ3n) is 4.00. The van der Waals surface area contributed by atoms with Crippen LogP contribution in [0, 0.1) is 0 Å². The van der Waals surface area contributed by atoms with Crippen LogP contribution in [0.2, 0.25) is 0 Å². The Balaban J connectivity index is 2.05. The number of halogens is 2. The first-order chi connectivity index (χ1) is 10.0. The quantitative estimate of drug-likeness (QED) is 0.673. The maximum Gasteiger partial charge on any atom is 0.179 e. The molecule has 0 radical (unpaired) electrons. The van der Waals surface area contributed by atoms with Crippen LogP contribution < -0.4 is 0 Å². The summed E-state index contributed by atoms with van der Waals surface area (Å²) >= 11 is 7.00. The molecule has 0 saturated heterocycles. The van der Waals surface area contributed by atoms with Gasteiger partial charge < -0.3 is 0 Å². The van der Waals surface area contributed by atoms with Crippen LogP contribution >= 0.6 is 31.9 Å². The summed E-state index contributed by atoms with van der Waals surface area (Å²) < 4.78 is 25.7. The summed E-state index contributed by atoms with van der Waals surface area (Å²) in [5.74, 6) is 0.349. The zero-order valence-electron chi connectivity index (χ0n) is 11.2. The molecule has 2 aromatic rings. The molecule has 0 fully saturated rings. The molecule has 0 saturated carbocycles. The largest absolute Gasteiger partial charge is 0.224 e. The SMILES string of the molecule is O=S1(=O)CC(C(CBr)c2ccc(Br)cc2)c2ccccc21. The number of rotatable bonds is 3. The van der Waals surface area contributed by atoms with Gasteiger partial charge in [0.05, 0.1) is 10.6 Å². The summed E-state index contributed by atoms with van der Waals surface area (Å²) in [6.07, 6.45) is 0. The highest BCUT2D eigenvalue weighted by Crippen LogP contribution is 2.44. The first-order valence-electron chi connectivity index (χ1n) is 6.66. The molecule has 2 atom stereocenters. The number of alkyl halides is 1. The van der Waals surface area contributed by atoms with Gasteiger partial charge in [0, 0.05) is 21.6 Å². The zero-order valence-corrected chi connectivity index (χ0v) is 15.2. The maximum atomic E-state index is 12.3. The lowest BCUT2D eigenvalue weighted by atomic mass is 9.84. The third-order valence-corrected chi connectivity index (χ3v) is 7.07. The van der Waals surface area contributed by atoms with Gasteiger partial charge in [-0.2, -0.15) is 0 Å². The van der Waals surface area contributed by atoms with Crippen LogP contribution in [0.1, 0.15) is 23.0 Å². The van der Waals surface area contributed by atoms with E-state index in [0.717, 1.165) is 20.9 Å². The van der Waals surface area contributed by atoms with Crippen LogP contribution in [0.4, 0.5) is 0 Å². The number of sulfone groups is 1. The second kappa shape index (κ2) is 5.86. The fourth-order valence-corrected chi connectivity index (χ4v) is 5.98. The monoisotopic (exact) mass is 428 g/mol. The molecule has 5 heteroatoms. The van der Waals surface area contributed by atoms with Gasteiger partial charge in [0.15, 0.2) is 9.84 Å². The molecule has 0 N–H and O–H groups in total. The molecule has 1 aliphatic rings. The van der Waals surface area contributed by atoms with Gasteiger partial charge in [-0.05, 0) is 29.3 Å². The number of fused-ring (bicyclic) bond motifs is 1. The molecule has 21 heavy (non-hydrogen) atoms. The van der Waals surface area contributed by atoms with E-state index in [0.29, 0.717) is 4.90 Å². The molecule has 0 bridgehead atoms. The number of hydrogen-bond donors (Lipinski definition) is 0. The lowest BCUT2D eigenvalue weighted by Crippen LogP contribution is -2.15. The second-order valence-corrected chi connectivity index (χ2v) is 8.80. The number of benzene rings is 2. The molecule has 0 aliphatic carbocycles. The van der Waals surface area contributed by atoms with Crippen molar-refractivity contribution in [2.75, 3.05) is 11.1 Å². The summed E-state index contributed by atoms with van der Waals surface area (Å²) in [6.45, 7) is 0. The minimum atomic E-state index is -3.16. The van der Waals surface area contributed by atoms with Gasteiger partial charge >= 0.3 is 0 Å². The molecule has 0 amide bonds. The lowest BCUT2D eigenvalue weighted by molar-refractivity contribution is 0.589. The Hall–Kier alpha value is -0.650. The summed E-state index contributed by atoms with van der Waals surface area (Å²) in [5, 5.41) is 0.739. The molecule has 2 nitrogen and oxygen atoms in total. The minimum absolute atomic E-state index is 0.00625. The van der Waals surface area contributed by atoms with Crippen molar-refractivity contribution < 1.29 is 8.42 Å². The molecule has 1 heterocycles. The van der Waals surface area contributed by atoms with E-state index >= 15 is 0 Å². The van der Waals surface area contributed by atoms with E-state index in [9.17, 15) is 8.42 Å². The van der Waals surface area contributed by atoms with Crippen molar-refractivity contribution >= 4 is 41.7 Å². The molecule has 2 unspecified atom stereocenters. The van der Waals surface area contributed by atoms with Gasteiger partial charge in [0.1, 0.15) is 0 Å². The van der Waals surface area contributed by atoms with E-state index in [-0.39, 0.29) is 17.6 Å². The van der Waals surface area contributed by atoms with E-state index in [1.54, 1.807) is 12.1 Å². The van der Waals surface area contributed by atoms with Gasteiger partial charge in [-0.1, -0.05) is 62.2 Å². The molecule has 3 rings (SSSR count). The molecule has 110 valence electrons. The van der Waals surface area contributed by atoms with E-state index in [4.69, 9.17) is 0 Å². The van der Waals surface area contributed by atoms with Gasteiger partial charge in [-0.15, -0.1) is 0 Å². The Kier molecular flexibility index (Phi) is 4.26. The summed E-state index contributed by atoms with van der Waals surface area (Å²) in [6, 6.07) is 15.5. The predicted octanol–water partition coefficient (Wildman–Crippen LogP) is 4.50. The van der Waals surface area contributed by atoms with Crippen molar-refractivity contribution in [1.29, 1.82) is 0 Å². The average molecular weight is 430 g/mol. The van der Waals surface area contributed by atoms with E-state index in [1.165, 1.54) is 0 Å². The smallest absolute Gasteiger partial charge is 0.179 e. The highest BCUT2D eigenvalue weighted by atomic mass is 79.9. The van der Waals surface area contributed by atoms with Gasteiger partial charge in [-0.3, -0.25) is 0 Å². The van der Waals surface area contributed by atoms with Gasteiger partial charge in [0.2, 0.25) is 0 Å². The van der Waals surface area contributed by atoms with Gasteiger partial charge in [0.25, 0.3) is 0 Å². The van der Waals surface area contributed by atoms with Crippen molar-refractivity contribution in [3.63, 3.8) is 0 Å². The summed E-state index contributed by atoms with van der Waals surface area (Å²) in [5.41, 5.74) is 2.11. The number of hydrogen-bond acceptors (Lipinski definition) is 2. The van der Waals surface area contributed by atoms with Crippen LogP contribution in [0.15, 0.2) is 57.9 Å². The normalized spacial score (nSPS) is 21.0. The van der Waals surface area contributed by atoms with Crippen molar-refractivity contribution in [2.45, 2.75) is 16.7 Å². The molecule has 2 aromatic carbocycles.